The van der Waals surface area contributed by atoms with Gasteiger partial charge in [0.05, 0.1) is 12.5 Å². The minimum Gasteiger partial charge on any atom is -0.383 e. The van der Waals surface area contributed by atoms with Crippen molar-refractivity contribution in [1.82, 2.24) is 5.32 Å². The van der Waals surface area contributed by atoms with E-state index in [9.17, 15) is 4.79 Å². The predicted molar refractivity (Wildman–Crippen MR) is 69.0 cm³/mol. The van der Waals surface area contributed by atoms with Crippen LogP contribution in [0.3, 0.4) is 0 Å². The molecule has 94 valence electrons. The number of amides is 1. The maximum atomic E-state index is 12.0. The van der Waals surface area contributed by atoms with Gasteiger partial charge in [-0.2, -0.15) is 0 Å². The topological polar surface area (TPSA) is 38.3 Å². The van der Waals surface area contributed by atoms with E-state index >= 15 is 0 Å². The number of methoxy groups -OCH3 is 1. The van der Waals surface area contributed by atoms with Gasteiger partial charge in [0.1, 0.15) is 0 Å². The van der Waals surface area contributed by atoms with Gasteiger partial charge in [0.25, 0.3) is 0 Å². The van der Waals surface area contributed by atoms with E-state index in [1.54, 1.807) is 7.11 Å². The summed E-state index contributed by atoms with van der Waals surface area (Å²) in [5.41, 5.74) is 1.09. The van der Waals surface area contributed by atoms with Gasteiger partial charge >= 0.3 is 0 Å². The molecule has 0 fully saturated rings. The van der Waals surface area contributed by atoms with E-state index in [-0.39, 0.29) is 11.8 Å². The van der Waals surface area contributed by atoms with E-state index in [2.05, 4.69) is 12.2 Å². The minimum absolute atomic E-state index is 0.0435. The lowest BCUT2D eigenvalue weighted by atomic mass is 9.94. The van der Waals surface area contributed by atoms with Gasteiger partial charge in [0, 0.05) is 13.7 Å². The molecule has 0 saturated heterocycles. The zero-order valence-electron chi connectivity index (χ0n) is 10.6. The molecule has 17 heavy (non-hydrogen) atoms. The largest absolute Gasteiger partial charge is 0.383 e. The zero-order valence-corrected chi connectivity index (χ0v) is 10.6. The van der Waals surface area contributed by atoms with Gasteiger partial charge in [-0.15, -0.1) is 0 Å². The number of carbonyl (C=O) groups is 1. The molecule has 0 unspecified atom stereocenters. The highest BCUT2D eigenvalue weighted by atomic mass is 16.5. The van der Waals surface area contributed by atoms with E-state index in [1.807, 2.05) is 30.3 Å². The normalized spacial score (nSPS) is 12.1. The average Bonchev–Trinajstić information content (AvgIpc) is 2.37. The molecule has 0 bridgehead atoms. The first-order valence-electron chi connectivity index (χ1n) is 6.11. The number of carbonyl (C=O) groups excluding carboxylic acids is 1. The van der Waals surface area contributed by atoms with Crippen LogP contribution in [0.4, 0.5) is 0 Å². The Kier molecular flexibility index (Phi) is 6.33. The van der Waals surface area contributed by atoms with E-state index < -0.39 is 0 Å². The molecule has 0 aliphatic heterocycles. The van der Waals surface area contributed by atoms with Crippen molar-refractivity contribution in [1.29, 1.82) is 0 Å². The molecule has 1 N–H and O–H groups in total. The van der Waals surface area contributed by atoms with Crippen molar-refractivity contribution < 1.29 is 9.53 Å². The summed E-state index contributed by atoms with van der Waals surface area (Å²) >= 11 is 0. The number of rotatable bonds is 7. The van der Waals surface area contributed by atoms with Gasteiger partial charge in [-0.05, 0) is 12.0 Å². The molecule has 0 radical (unpaired) electrons. The summed E-state index contributed by atoms with van der Waals surface area (Å²) in [6, 6.07) is 9.93. The molecule has 1 rings (SSSR count). The quantitative estimate of drug-likeness (QED) is 0.737. The Morgan fingerprint density at radius 2 is 2.06 bits per heavy atom. The molecule has 0 aliphatic rings. The Bertz CT molecular complexity index is 324. The second kappa shape index (κ2) is 7.85. The average molecular weight is 235 g/mol. The van der Waals surface area contributed by atoms with Crippen LogP contribution in [-0.2, 0) is 9.53 Å². The zero-order chi connectivity index (χ0) is 12.5. The molecule has 3 heteroatoms. The minimum atomic E-state index is -0.0435. The Labute approximate surface area is 103 Å². The summed E-state index contributed by atoms with van der Waals surface area (Å²) < 4.78 is 4.92. The number of nitrogens with one attached hydrogen (secondary N) is 1. The van der Waals surface area contributed by atoms with E-state index in [1.165, 1.54) is 0 Å². The molecule has 1 amide bonds. The lowest BCUT2D eigenvalue weighted by Gasteiger charge is -2.16. The summed E-state index contributed by atoms with van der Waals surface area (Å²) in [5.74, 6) is 0.0492. The molecule has 0 aliphatic carbocycles. The molecular formula is C14H21NO2. The van der Waals surface area contributed by atoms with Crippen LogP contribution >= 0.6 is 0 Å². The van der Waals surface area contributed by atoms with Crippen LogP contribution in [0.2, 0.25) is 0 Å². The van der Waals surface area contributed by atoms with Crippen LogP contribution in [0, 0.1) is 0 Å². The van der Waals surface area contributed by atoms with Crippen molar-refractivity contribution in [3.8, 4) is 0 Å². The van der Waals surface area contributed by atoms with Gasteiger partial charge < -0.3 is 10.1 Å². The van der Waals surface area contributed by atoms with E-state index in [0.29, 0.717) is 13.2 Å². The summed E-state index contributed by atoms with van der Waals surface area (Å²) in [4.78, 5) is 12.0. The first kappa shape index (κ1) is 13.7. The molecule has 1 aromatic rings. The Balaban J connectivity index is 2.62. The molecule has 3 nitrogen and oxygen atoms in total. The highest BCUT2D eigenvalue weighted by Gasteiger charge is 2.18. The van der Waals surface area contributed by atoms with Gasteiger partial charge in [-0.25, -0.2) is 0 Å². The lowest BCUT2D eigenvalue weighted by molar-refractivity contribution is -0.122. The van der Waals surface area contributed by atoms with Gasteiger partial charge in [0.2, 0.25) is 5.91 Å². The Morgan fingerprint density at radius 3 is 2.65 bits per heavy atom. The standard InChI is InChI=1S/C14H21NO2/c1-3-7-13(12-8-5-4-6-9-12)14(16)15-10-11-17-2/h4-6,8-9,13H,3,7,10-11H2,1-2H3,(H,15,16)/t13-/m0/s1. The summed E-state index contributed by atoms with van der Waals surface area (Å²) in [6.07, 6.45) is 1.88. The third-order valence-corrected chi connectivity index (χ3v) is 2.70. The summed E-state index contributed by atoms with van der Waals surface area (Å²) in [5, 5.41) is 2.90. The monoisotopic (exact) mass is 235 g/mol. The van der Waals surface area contributed by atoms with Crippen molar-refractivity contribution in [2.75, 3.05) is 20.3 Å². The SMILES string of the molecule is CCC[C@H](C(=O)NCCOC)c1ccccc1. The fourth-order valence-electron chi connectivity index (χ4n) is 1.82. The van der Waals surface area contributed by atoms with Crippen molar-refractivity contribution in [2.45, 2.75) is 25.7 Å². The van der Waals surface area contributed by atoms with Gasteiger partial charge in [0.15, 0.2) is 0 Å². The van der Waals surface area contributed by atoms with Crippen LogP contribution in [0.5, 0.6) is 0 Å². The highest BCUT2D eigenvalue weighted by molar-refractivity contribution is 5.83. The summed E-state index contributed by atoms with van der Waals surface area (Å²) in [7, 11) is 1.63. The third kappa shape index (κ3) is 4.57. The fraction of sp³-hybridized carbons (Fsp3) is 0.500. The maximum absolute atomic E-state index is 12.0. The molecule has 1 aromatic carbocycles. The Hall–Kier alpha value is -1.35. The van der Waals surface area contributed by atoms with Crippen LogP contribution in [0.15, 0.2) is 30.3 Å². The molecule has 0 aromatic heterocycles. The van der Waals surface area contributed by atoms with Crippen LogP contribution in [-0.4, -0.2) is 26.2 Å². The highest BCUT2D eigenvalue weighted by Crippen LogP contribution is 2.21. The predicted octanol–water partition coefficient (Wildman–Crippen LogP) is 2.33. The number of hydrogen-bond acceptors (Lipinski definition) is 2. The van der Waals surface area contributed by atoms with Crippen LogP contribution < -0.4 is 5.32 Å². The summed E-state index contributed by atoms with van der Waals surface area (Å²) in [6.45, 7) is 3.22. The van der Waals surface area contributed by atoms with Crippen molar-refractivity contribution in [3.05, 3.63) is 35.9 Å². The molecule has 0 heterocycles. The second-order valence-corrected chi connectivity index (χ2v) is 4.04. The van der Waals surface area contributed by atoms with Gasteiger partial charge in [-0.3, -0.25) is 4.79 Å². The van der Waals surface area contributed by atoms with E-state index in [0.717, 1.165) is 18.4 Å². The molecule has 0 saturated carbocycles. The van der Waals surface area contributed by atoms with Crippen LogP contribution in [0.25, 0.3) is 0 Å². The molecular weight excluding hydrogens is 214 g/mol. The van der Waals surface area contributed by atoms with Crippen molar-refractivity contribution >= 4 is 5.91 Å². The second-order valence-electron chi connectivity index (χ2n) is 4.04. The first-order chi connectivity index (χ1) is 8.29. The lowest BCUT2D eigenvalue weighted by Crippen LogP contribution is -2.31. The molecule has 0 spiro atoms. The van der Waals surface area contributed by atoms with Crippen LogP contribution in [0.1, 0.15) is 31.2 Å². The number of ether oxygens (including phenoxy) is 1. The number of hydrogen-bond donors (Lipinski definition) is 1. The number of benzene rings is 1. The maximum Gasteiger partial charge on any atom is 0.227 e. The van der Waals surface area contributed by atoms with E-state index in [4.69, 9.17) is 4.74 Å². The Morgan fingerprint density at radius 1 is 1.35 bits per heavy atom. The van der Waals surface area contributed by atoms with Crippen molar-refractivity contribution in [2.24, 2.45) is 0 Å². The van der Waals surface area contributed by atoms with Crippen molar-refractivity contribution in [3.63, 3.8) is 0 Å². The van der Waals surface area contributed by atoms with Gasteiger partial charge in [-0.1, -0.05) is 43.7 Å². The first-order valence-corrected chi connectivity index (χ1v) is 6.11. The smallest absolute Gasteiger partial charge is 0.227 e. The third-order valence-electron chi connectivity index (χ3n) is 2.70. The molecule has 1 atom stereocenters. The fourth-order valence-corrected chi connectivity index (χ4v) is 1.82.